The van der Waals surface area contributed by atoms with Crippen LogP contribution < -0.4 is 0 Å². The van der Waals surface area contributed by atoms with E-state index in [1.165, 1.54) is 0 Å². The molecule has 15 heavy (non-hydrogen) atoms. The maximum atomic E-state index is 5.43. The quantitative estimate of drug-likeness (QED) is 0.681. The Kier molecular flexibility index (Phi) is 3.57. The second kappa shape index (κ2) is 4.93. The van der Waals surface area contributed by atoms with E-state index >= 15 is 0 Å². The van der Waals surface area contributed by atoms with Crippen molar-refractivity contribution in [3.05, 3.63) is 0 Å². The van der Waals surface area contributed by atoms with Gasteiger partial charge in [0.05, 0.1) is 12.1 Å². The van der Waals surface area contributed by atoms with Gasteiger partial charge < -0.3 is 9.47 Å². The average molecular weight is 228 g/mol. The summed E-state index contributed by atoms with van der Waals surface area (Å²) in [7, 11) is 0.768. The molecule has 5 heteroatoms. The van der Waals surface area contributed by atoms with E-state index in [4.69, 9.17) is 9.47 Å². The smallest absolute Gasteiger partial charge is 0.187 e. The number of aliphatic imine (C=N–C) groups is 2. The minimum atomic E-state index is 0.338. The molecule has 2 heterocycles. The predicted molar refractivity (Wildman–Crippen MR) is 63.7 cm³/mol. The second-order valence-corrected chi connectivity index (χ2v) is 5.18. The Morgan fingerprint density at radius 3 is 1.87 bits per heavy atom. The van der Waals surface area contributed by atoms with Crippen LogP contribution in [0.3, 0.4) is 0 Å². The summed E-state index contributed by atoms with van der Waals surface area (Å²) in [4.78, 5) is 8.78. The first-order valence-corrected chi connectivity index (χ1v) is 6.75. The zero-order valence-corrected chi connectivity index (χ0v) is 10.2. The van der Waals surface area contributed by atoms with Crippen molar-refractivity contribution in [3.8, 4) is 0 Å². The molecule has 0 radical (unpaired) electrons. The van der Waals surface area contributed by atoms with Crippen LogP contribution in [-0.4, -0.2) is 49.4 Å². The van der Waals surface area contributed by atoms with E-state index in [9.17, 15) is 0 Å². The fourth-order valence-electron chi connectivity index (χ4n) is 1.54. The van der Waals surface area contributed by atoms with E-state index in [2.05, 4.69) is 23.8 Å². The van der Waals surface area contributed by atoms with Gasteiger partial charge in [-0.1, -0.05) is 0 Å². The summed E-state index contributed by atoms with van der Waals surface area (Å²) in [5, 5.41) is 0. The van der Waals surface area contributed by atoms with Gasteiger partial charge in [-0.05, 0) is 13.8 Å². The molecule has 0 N–H and O–H groups in total. The summed E-state index contributed by atoms with van der Waals surface area (Å²) >= 11 is 0. The molecule has 0 aliphatic carbocycles. The Hall–Kier alpha value is -0.630. The number of rotatable bonds is 4. The molecular formula is C10H17N2O2P. The summed E-state index contributed by atoms with van der Waals surface area (Å²) in [6, 6.07) is 0.676. The van der Waals surface area contributed by atoms with Crippen LogP contribution in [0.15, 0.2) is 9.98 Å². The first kappa shape index (κ1) is 10.9. The van der Waals surface area contributed by atoms with E-state index in [0.29, 0.717) is 12.1 Å². The zero-order valence-electron chi connectivity index (χ0n) is 9.19. The second-order valence-electron chi connectivity index (χ2n) is 3.97. The van der Waals surface area contributed by atoms with Crippen LogP contribution in [0.5, 0.6) is 0 Å². The van der Waals surface area contributed by atoms with Gasteiger partial charge in [0.1, 0.15) is 13.2 Å². The molecule has 0 aromatic heterocycles. The molecule has 2 rings (SSSR count). The van der Waals surface area contributed by atoms with Crippen LogP contribution in [0.1, 0.15) is 13.8 Å². The minimum absolute atomic E-state index is 0.338. The van der Waals surface area contributed by atoms with E-state index < -0.39 is 0 Å². The lowest BCUT2D eigenvalue weighted by atomic mass is 10.4. The molecule has 2 aliphatic rings. The molecule has 0 amide bonds. The Morgan fingerprint density at radius 2 is 1.53 bits per heavy atom. The average Bonchev–Trinajstić information content (AvgIpc) is 2.76. The Morgan fingerprint density at radius 1 is 1.07 bits per heavy atom. The molecule has 0 bridgehead atoms. The van der Waals surface area contributed by atoms with Gasteiger partial charge >= 0.3 is 0 Å². The van der Waals surface area contributed by atoms with Crippen molar-refractivity contribution in [1.29, 1.82) is 0 Å². The summed E-state index contributed by atoms with van der Waals surface area (Å²) in [5.41, 5.74) is 0. The van der Waals surface area contributed by atoms with Crippen LogP contribution in [-0.2, 0) is 9.47 Å². The van der Waals surface area contributed by atoms with Gasteiger partial charge in [0, 0.05) is 12.3 Å². The summed E-state index contributed by atoms with van der Waals surface area (Å²) < 4.78 is 10.9. The Balaban J connectivity index is 1.67. The molecule has 84 valence electrons. The van der Waals surface area contributed by atoms with Gasteiger partial charge in [0.2, 0.25) is 0 Å². The zero-order chi connectivity index (χ0) is 10.7. The van der Waals surface area contributed by atoms with Crippen LogP contribution in [0.2, 0.25) is 0 Å². The molecule has 2 aliphatic heterocycles. The van der Waals surface area contributed by atoms with Gasteiger partial charge in [0.15, 0.2) is 11.8 Å². The van der Waals surface area contributed by atoms with Crippen molar-refractivity contribution in [2.75, 3.05) is 25.5 Å². The van der Waals surface area contributed by atoms with Gasteiger partial charge in [-0.2, -0.15) is 0 Å². The van der Waals surface area contributed by atoms with Crippen LogP contribution in [0.4, 0.5) is 0 Å². The molecule has 0 aromatic carbocycles. The first-order valence-electron chi connectivity index (χ1n) is 5.33. The number of hydrogen-bond acceptors (Lipinski definition) is 4. The third-order valence-electron chi connectivity index (χ3n) is 2.26. The van der Waals surface area contributed by atoms with Crippen LogP contribution in [0, 0.1) is 0 Å². The Bertz CT molecular complexity index is 263. The number of ether oxygens (including phenoxy) is 2. The highest BCUT2D eigenvalue weighted by atomic mass is 31.1. The van der Waals surface area contributed by atoms with E-state index in [-0.39, 0.29) is 0 Å². The number of nitrogens with zero attached hydrogens (tertiary/aromatic N) is 2. The van der Waals surface area contributed by atoms with Crippen molar-refractivity contribution in [1.82, 2.24) is 0 Å². The molecule has 0 aromatic rings. The molecule has 0 saturated carbocycles. The van der Waals surface area contributed by atoms with Gasteiger partial charge in [-0.15, -0.1) is 8.58 Å². The molecule has 2 unspecified atom stereocenters. The van der Waals surface area contributed by atoms with E-state index in [1.54, 1.807) is 0 Å². The lowest BCUT2D eigenvalue weighted by molar-refractivity contribution is 0.321. The highest BCUT2D eigenvalue weighted by molar-refractivity contribution is 7.40. The van der Waals surface area contributed by atoms with Gasteiger partial charge in [-0.3, -0.25) is 0 Å². The normalized spacial score (nSPS) is 30.3. The van der Waals surface area contributed by atoms with Crippen molar-refractivity contribution in [3.63, 3.8) is 0 Å². The van der Waals surface area contributed by atoms with Crippen molar-refractivity contribution in [2.24, 2.45) is 9.98 Å². The third kappa shape index (κ3) is 3.16. The first-order chi connectivity index (χ1) is 7.24. The highest BCUT2D eigenvalue weighted by Gasteiger charge is 2.16. The maximum Gasteiger partial charge on any atom is 0.187 e. The van der Waals surface area contributed by atoms with Crippen molar-refractivity contribution < 1.29 is 9.47 Å². The van der Waals surface area contributed by atoms with Gasteiger partial charge in [0.25, 0.3) is 0 Å². The fraction of sp³-hybridized carbons (Fsp3) is 0.800. The molecule has 0 saturated heterocycles. The topological polar surface area (TPSA) is 43.2 Å². The van der Waals surface area contributed by atoms with Crippen molar-refractivity contribution >= 4 is 20.4 Å². The molecule has 0 spiro atoms. The Labute approximate surface area is 91.9 Å². The largest absolute Gasteiger partial charge is 0.478 e. The highest BCUT2D eigenvalue weighted by Crippen LogP contribution is 2.17. The lowest BCUT2D eigenvalue weighted by Gasteiger charge is -2.02. The third-order valence-corrected chi connectivity index (χ3v) is 3.37. The van der Waals surface area contributed by atoms with Gasteiger partial charge in [-0.25, -0.2) is 9.98 Å². The SMILES string of the molecule is CC1COC(CPCC2=NC(C)CO2)=N1. The standard InChI is InChI=1S/C10H17N2O2P/c1-7-3-13-9(11-7)5-15-6-10-12-8(2)4-14-10/h7-8,15H,3-6H2,1-2H3. The summed E-state index contributed by atoms with van der Waals surface area (Å²) in [6.07, 6.45) is 1.86. The molecule has 2 atom stereocenters. The monoisotopic (exact) mass is 228 g/mol. The lowest BCUT2D eigenvalue weighted by Crippen LogP contribution is -2.06. The summed E-state index contributed by atoms with van der Waals surface area (Å²) in [6.45, 7) is 5.63. The van der Waals surface area contributed by atoms with E-state index in [1.807, 2.05) is 0 Å². The molecule has 4 nitrogen and oxygen atoms in total. The van der Waals surface area contributed by atoms with Crippen LogP contribution in [0.25, 0.3) is 0 Å². The minimum Gasteiger partial charge on any atom is -0.478 e. The fourth-order valence-corrected chi connectivity index (χ4v) is 2.48. The predicted octanol–water partition coefficient (Wildman–Crippen LogP) is 1.30. The summed E-state index contributed by atoms with van der Waals surface area (Å²) in [5.74, 6) is 1.82. The number of hydrogen-bond donors (Lipinski definition) is 0. The molecular weight excluding hydrogens is 211 g/mol. The van der Waals surface area contributed by atoms with E-state index in [0.717, 1.165) is 45.9 Å². The molecule has 0 fully saturated rings. The van der Waals surface area contributed by atoms with Crippen molar-refractivity contribution in [2.45, 2.75) is 25.9 Å². The maximum absolute atomic E-state index is 5.43. The van der Waals surface area contributed by atoms with Crippen LogP contribution >= 0.6 is 8.58 Å².